The molecule has 2 heterocycles. The summed E-state index contributed by atoms with van der Waals surface area (Å²) in [4.78, 5) is 18.6. The van der Waals surface area contributed by atoms with E-state index in [1.54, 1.807) is 13.2 Å². The lowest BCUT2D eigenvalue weighted by Gasteiger charge is -2.25. The molecule has 0 bridgehead atoms. The highest BCUT2D eigenvalue weighted by Crippen LogP contribution is 2.44. The second kappa shape index (κ2) is 8.09. The van der Waals surface area contributed by atoms with Crippen LogP contribution in [0.1, 0.15) is 17.0 Å². The lowest BCUT2D eigenvalue weighted by Crippen LogP contribution is -2.23. The van der Waals surface area contributed by atoms with Gasteiger partial charge in [-0.15, -0.1) is 0 Å². The van der Waals surface area contributed by atoms with E-state index in [4.69, 9.17) is 9.47 Å². The molecule has 0 unspecified atom stereocenters. The third-order valence-electron chi connectivity index (χ3n) is 5.30. The molecule has 0 N–H and O–H groups in total. The summed E-state index contributed by atoms with van der Waals surface area (Å²) in [6.45, 7) is 0.961. The van der Waals surface area contributed by atoms with Crippen molar-refractivity contribution >= 4 is 27.5 Å². The number of amides is 1. The largest absolute Gasteiger partial charge is 0.457 e. The predicted octanol–water partition coefficient (Wildman–Crippen LogP) is 4.85. The Kier molecular flexibility index (Phi) is 5.13. The Morgan fingerprint density at radius 2 is 1.77 bits per heavy atom. The van der Waals surface area contributed by atoms with Gasteiger partial charge in [-0.1, -0.05) is 47.7 Å². The van der Waals surface area contributed by atoms with E-state index in [2.05, 4.69) is 4.99 Å². The molecular formula is C24H19FN2O3S. The summed E-state index contributed by atoms with van der Waals surface area (Å²) < 4.78 is 27.6. The number of hydrogen-bond donors (Lipinski definition) is 0. The molecule has 0 aliphatic carbocycles. The van der Waals surface area contributed by atoms with Gasteiger partial charge in [-0.25, -0.2) is 4.39 Å². The van der Waals surface area contributed by atoms with Gasteiger partial charge in [0.05, 0.1) is 22.7 Å². The third kappa shape index (κ3) is 3.56. The Balaban J connectivity index is 1.66. The zero-order valence-electron chi connectivity index (χ0n) is 16.7. The van der Waals surface area contributed by atoms with Crippen LogP contribution in [0.25, 0.3) is 10.2 Å². The maximum absolute atomic E-state index is 13.8. The average Bonchev–Trinajstić information content (AvgIpc) is 3.11. The topological polar surface area (TPSA) is 52.8 Å². The van der Waals surface area contributed by atoms with Gasteiger partial charge in [0.2, 0.25) is 0 Å². The summed E-state index contributed by atoms with van der Waals surface area (Å²) in [7, 11) is 1.62. The van der Waals surface area contributed by atoms with Gasteiger partial charge in [0, 0.05) is 24.8 Å². The van der Waals surface area contributed by atoms with Gasteiger partial charge in [-0.3, -0.25) is 4.79 Å². The zero-order chi connectivity index (χ0) is 21.4. The Hall–Kier alpha value is -3.29. The second-order valence-corrected chi connectivity index (χ2v) is 8.21. The van der Waals surface area contributed by atoms with Crippen LogP contribution in [0.4, 0.5) is 4.39 Å². The van der Waals surface area contributed by atoms with E-state index in [-0.39, 0.29) is 11.7 Å². The van der Waals surface area contributed by atoms with Gasteiger partial charge in [0.15, 0.2) is 4.80 Å². The first-order chi connectivity index (χ1) is 15.2. The summed E-state index contributed by atoms with van der Waals surface area (Å²) in [5.41, 5.74) is 2.39. The van der Waals surface area contributed by atoms with Crippen molar-refractivity contribution < 1.29 is 18.7 Å². The Morgan fingerprint density at radius 1 is 1.10 bits per heavy atom. The number of carbonyl (C=O) groups excluding carboxylic acids is 1. The zero-order valence-corrected chi connectivity index (χ0v) is 17.6. The van der Waals surface area contributed by atoms with Crippen molar-refractivity contribution in [1.82, 2.24) is 4.57 Å². The molecule has 0 spiro atoms. The molecule has 1 aliphatic heterocycles. The van der Waals surface area contributed by atoms with Gasteiger partial charge in [-0.2, -0.15) is 4.99 Å². The normalized spacial score (nSPS) is 13.7. The van der Waals surface area contributed by atoms with Gasteiger partial charge in [-0.05, 0) is 30.3 Å². The van der Waals surface area contributed by atoms with Crippen LogP contribution in [-0.2, 0) is 16.1 Å². The van der Waals surface area contributed by atoms with Crippen molar-refractivity contribution in [3.8, 4) is 11.5 Å². The van der Waals surface area contributed by atoms with Crippen molar-refractivity contribution in [2.45, 2.75) is 12.5 Å². The van der Waals surface area contributed by atoms with Gasteiger partial charge < -0.3 is 14.0 Å². The summed E-state index contributed by atoms with van der Waals surface area (Å²) in [5.74, 6) is 0.124. The van der Waals surface area contributed by atoms with Crippen LogP contribution in [0.15, 0.2) is 71.7 Å². The summed E-state index contributed by atoms with van der Waals surface area (Å²) in [6.07, 6.45) is 0. The van der Waals surface area contributed by atoms with Crippen LogP contribution in [0, 0.1) is 5.82 Å². The number of carbonyl (C=O) groups is 1. The lowest BCUT2D eigenvalue weighted by molar-refractivity contribution is -0.118. The Morgan fingerprint density at radius 3 is 2.45 bits per heavy atom. The van der Waals surface area contributed by atoms with Crippen LogP contribution in [0.2, 0.25) is 0 Å². The first-order valence-corrected chi connectivity index (χ1v) is 10.7. The highest BCUT2D eigenvalue weighted by atomic mass is 32.1. The van der Waals surface area contributed by atoms with Crippen LogP contribution in [0.3, 0.4) is 0 Å². The molecule has 0 saturated carbocycles. The van der Waals surface area contributed by atoms with E-state index in [1.807, 2.05) is 53.1 Å². The number of rotatable bonds is 4. The number of nitrogens with zero attached hydrogens (tertiary/aromatic N) is 2. The molecule has 5 rings (SSSR count). The summed E-state index contributed by atoms with van der Waals surface area (Å²) in [5, 5.41) is 0. The molecule has 1 aromatic heterocycles. The maximum Gasteiger partial charge on any atom is 0.260 e. The Labute approximate surface area is 182 Å². The van der Waals surface area contributed by atoms with Crippen molar-refractivity contribution in [3.05, 3.63) is 88.5 Å². The molecule has 0 radical (unpaired) electrons. The first kappa shape index (κ1) is 19.7. The third-order valence-corrected chi connectivity index (χ3v) is 6.34. The molecule has 4 aromatic rings. The fraction of sp³-hybridized carbons (Fsp3) is 0.167. The number of halogens is 1. The number of thiazole rings is 1. The van der Waals surface area contributed by atoms with Gasteiger partial charge >= 0.3 is 0 Å². The molecule has 5 nitrogen and oxygen atoms in total. The Bertz CT molecular complexity index is 1310. The molecule has 0 atom stereocenters. The van der Waals surface area contributed by atoms with Crippen molar-refractivity contribution in [1.29, 1.82) is 0 Å². The van der Waals surface area contributed by atoms with E-state index in [0.29, 0.717) is 29.5 Å². The number of methoxy groups -OCH3 is 1. The molecular weight excluding hydrogens is 415 g/mol. The molecule has 156 valence electrons. The number of aromatic nitrogens is 1. The molecule has 7 heteroatoms. The molecule has 0 fully saturated rings. The number of hydrogen-bond acceptors (Lipinski definition) is 4. The molecule has 1 amide bonds. The summed E-state index contributed by atoms with van der Waals surface area (Å²) in [6, 6.07) is 19.6. The smallest absolute Gasteiger partial charge is 0.260 e. The number of ether oxygens (including phenoxy) is 2. The predicted molar refractivity (Wildman–Crippen MR) is 117 cm³/mol. The van der Waals surface area contributed by atoms with Crippen molar-refractivity contribution in [2.24, 2.45) is 4.99 Å². The van der Waals surface area contributed by atoms with Crippen molar-refractivity contribution in [3.63, 3.8) is 0 Å². The second-order valence-electron chi connectivity index (χ2n) is 7.20. The number of fused-ring (bicyclic) bond motifs is 3. The molecule has 3 aromatic carbocycles. The number of benzene rings is 3. The minimum atomic E-state index is -0.570. The van der Waals surface area contributed by atoms with E-state index in [9.17, 15) is 9.18 Å². The van der Waals surface area contributed by atoms with Gasteiger partial charge in [0.1, 0.15) is 17.3 Å². The minimum Gasteiger partial charge on any atom is -0.457 e. The SMILES string of the molecule is COCCn1c(=NC(=O)C2c3ccccc3Oc3ccccc32)sc2cc(F)ccc21. The van der Waals surface area contributed by atoms with Crippen LogP contribution < -0.4 is 9.54 Å². The molecule has 31 heavy (non-hydrogen) atoms. The quantitative estimate of drug-likeness (QED) is 0.461. The monoisotopic (exact) mass is 434 g/mol. The van der Waals surface area contributed by atoms with Crippen LogP contribution in [0.5, 0.6) is 11.5 Å². The van der Waals surface area contributed by atoms with E-state index in [0.717, 1.165) is 21.3 Å². The van der Waals surface area contributed by atoms with Crippen LogP contribution in [-0.4, -0.2) is 24.2 Å². The lowest BCUT2D eigenvalue weighted by atomic mass is 9.87. The van der Waals surface area contributed by atoms with E-state index >= 15 is 0 Å². The van der Waals surface area contributed by atoms with Crippen LogP contribution >= 0.6 is 11.3 Å². The maximum atomic E-state index is 13.8. The first-order valence-electron chi connectivity index (χ1n) is 9.88. The van der Waals surface area contributed by atoms with Crippen molar-refractivity contribution in [2.75, 3.05) is 13.7 Å². The minimum absolute atomic E-state index is 0.290. The highest BCUT2D eigenvalue weighted by molar-refractivity contribution is 7.16. The van der Waals surface area contributed by atoms with Gasteiger partial charge in [0.25, 0.3) is 5.91 Å². The highest BCUT2D eigenvalue weighted by Gasteiger charge is 2.32. The average molecular weight is 434 g/mol. The molecule has 0 saturated heterocycles. The van der Waals surface area contributed by atoms with E-state index < -0.39 is 5.92 Å². The van der Waals surface area contributed by atoms with E-state index in [1.165, 1.54) is 23.5 Å². The molecule has 1 aliphatic rings. The number of para-hydroxylation sites is 2. The fourth-order valence-corrected chi connectivity index (χ4v) is 4.95. The fourth-order valence-electron chi connectivity index (χ4n) is 3.87. The standard InChI is InChI=1S/C24H19FN2O3S/c1-29-13-12-27-18-11-10-15(25)14-21(18)31-24(27)26-23(28)22-16-6-2-4-8-19(16)30-20-9-5-3-7-17(20)22/h2-11,14,22H,12-13H2,1H3. The summed E-state index contributed by atoms with van der Waals surface area (Å²) >= 11 is 1.29.